The van der Waals surface area contributed by atoms with Crippen LogP contribution in [0.25, 0.3) is 0 Å². The Kier molecular flexibility index (Phi) is 2.78. The van der Waals surface area contributed by atoms with Gasteiger partial charge in [0, 0.05) is 11.9 Å². The van der Waals surface area contributed by atoms with Gasteiger partial charge in [-0.2, -0.15) is 5.10 Å². The molecule has 0 saturated carbocycles. The van der Waals surface area contributed by atoms with E-state index in [1.165, 1.54) is 12.3 Å². The number of nitrogens with zero attached hydrogens (tertiary/aromatic N) is 2. The van der Waals surface area contributed by atoms with E-state index in [1.54, 1.807) is 6.07 Å². The molecule has 1 amide bonds. The van der Waals surface area contributed by atoms with E-state index in [2.05, 4.69) is 20.5 Å². The van der Waals surface area contributed by atoms with Gasteiger partial charge in [0.15, 0.2) is 0 Å². The minimum absolute atomic E-state index is 0.282. The molecule has 2 aromatic rings. The first-order chi connectivity index (χ1) is 8.08. The van der Waals surface area contributed by atoms with Gasteiger partial charge in [-0.3, -0.25) is 14.9 Å². The van der Waals surface area contributed by atoms with Crippen LogP contribution in [0.15, 0.2) is 18.3 Å². The summed E-state index contributed by atoms with van der Waals surface area (Å²) in [6.45, 7) is 3.65. The zero-order valence-corrected chi connectivity index (χ0v) is 9.61. The van der Waals surface area contributed by atoms with E-state index < -0.39 is 0 Å². The maximum absolute atomic E-state index is 11.9. The van der Waals surface area contributed by atoms with Crippen molar-refractivity contribution in [3.05, 3.63) is 35.4 Å². The summed E-state index contributed by atoms with van der Waals surface area (Å²) in [5.74, 6) is -0.301. The van der Waals surface area contributed by atoms with Crippen LogP contribution in [0, 0.1) is 13.8 Å². The fourth-order valence-corrected chi connectivity index (χ4v) is 1.48. The lowest BCUT2D eigenvalue weighted by Gasteiger charge is -2.04. The molecule has 0 aromatic carbocycles. The number of aromatic nitrogens is 3. The van der Waals surface area contributed by atoms with Gasteiger partial charge in [0.2, 0.25) is 0 Å². The van der Waals surface area contributed by atoms with Crippen molar-refractivity contribution in [1.29, 1.82) is 0 Å². The fourth-order valence-electron chi connectivity index (χ4n) is 1.48. The third-order valence-electron chi connectivity index (χ3n) is 2.38. The van der Waals surface area contributed by atoms with Crippen LogP contribution in [-0.2, 0) is 0 Å². The Morgan fingerprint density at radius 3 is 2.82 bits per heavy atom. The number of carbonyl (C=O) groups excluding carboxylic acids is 1. The lowest BCUT2D eigenvalue weighted by atomic mass is 10.2. The number of nitrogen functional groups attached to an aromatic ring is 1. The Labute approximate surface area is 98.3 Å². The number of nitrogens with one attached hydrogen (secondary N) is 2. The Bertz CT molecular complexity index is 541. The molecule has 0 fully saturated rings. The quantitative estimate of drug-likeness (QED) is 0.724. The van der Waals surface area contributed by atoms with Crippen LogP contribution in [-0.4, -0.2) is 21.1 Å². The Morgan fingerprint density at radius 2 is 2.24 bits per heavy atom. The molecular formula is C11H13N5O. The Balaban J connectivity index is 2.23. The molecule has 0 aliphatic heterocycles. The Hall–Kier alpha value is -2.37. The molecule has 2 heterocycles. The van der Waals surface area contributed by atoms with E-state index in [-0.39, 0.29) is 11.6 Å². The summed E-state index contributed by atoms with van der Waals surface area (Å²) in [7, 11) is 0. The lowest BCUT2D eigenvalue weighted by molar-refractivity contribution is 0.102. The third-order valence-corrected chi connectivity index (χ3v) is 2.38. The highest BCUT2D eigenvalue weighted by Crippen LogP contribution is 2.17. The molecule has 4 N–H and O–H groups in total. The van der Waals surface area contributed by atoms with Crippen molar-refractivity contribution < 1.29 is 4.79 Å². The highest BCUT2D eigenvalue weighted by molar-refractivity contribution is 6.03. The molecule has 2 rings (SSSR count). The molecule has 0 unspecified atom stereocenters. The number of carbonyl (C=O) groups is 1. The number of rotatable bonds is 2. The van der Waals surface area contributed by atoms with E-state index in [0.29, 0.717) is 11.4 Å². The maximum atomic E-state index is 11.9. The molecule has 0 spiro atoms. The van der Waals surface area contributed by atoms with Crippen LogP contribution in [0.1, 0.15) is 21.9 Å². The number of aryl methyl sites for hydroxylation is 2. The standard InChI is InChI=1S/C11H13N5O/c1-6-10(7(2)16-15-6)14-11(17)9-5-8(12)3-4-13-9/h3-5H,1-2H3,(H2,12,13)(H,14,17)(H,15,16). The predicted octanol–water partition coefficient (Wildman–Crippen LogP) is 1.26. The van der Waals surface area contributed by atoms with Crippen LogP contribution in [0.4, 0.5) is 11.4 Å². The van der Waals surface area contributed by atoms with Gasteiger partial charge in [-0.15, -0.1) is 0 Å². The van der Waals surface area contributed by atoms with E-state index in [9.17, 15) is 4.79 Å². The largest absolute Gasteiger partial charge is 0.399 e. The van der Waals surface area contributed by atoms with Crippen LogP contribution in [0.2, 0.25) is 0 Å². The van der Waals surface area contributed by atoms with E-state index in [4.69, 9.17) is 5.73 Å². The molecule has 0 radical (unpaired) electrons. The Morgan fingerprint density at radius 1 is 1.47 bits per heavy atom. The number of amides is 1. The van der Waals surface area contributed by atoms with Crippen LogP contribution in [0.5, 0.6) is 0 Å². The summed E-state index contributed by atoms with van der Waals surface area (Å²) in [5.41, 5.74) is 8.60. The van der Waals surface area contributed by atoms with Crippen LogP contribution < -0.4 is 11.1 Å². The van der Waals surface area contributed by atoms with Crippen LogP contribution in [0.3, 0.4) is 0 Å². The van der Waals surface area contributed by atoms with Gasteiger partial charge in [0.25, 0.3) is 5.91 Å². The second-order valence-corrected chi connectivity index (χ2v) is 3.74. The predicted molar refractivity (Wildman–Crippen MR) is 64.7 cm³/mol. The van der Waals surface area contributed by atoms with Gasteiger partial charge in [0.1, 0.15) is 5.69 Å². The van der Waals surface area contributed by atoms with Gasteiger partial charge in [-0.05, 0) is 26.0 Å². The smallest absolute Gasteiger partial charge is 0.274 e. The van der Waals surface area contributed by atoms with E-state index in [1.807, 2.05) is 13.8 Å². The van der Waals surface area contributed by atoms with Crippen molar-refractivity contribution in [3.63, 3.8) is 0 Å². The van der Waals surface area contributed by atoms with Crippen molar-refractivity contribution in [1.82, 2.24) is 15.2 Å². The second-order valence-electron chi connectivity index (χ2n) is 3.74. The molecule has 6 nitrogen and oxygen atoms in total. The van der Waals surface area contributed by atoms with Crippen LogP contribution >= 0.6 is 0 Å². The highest BCUT2D eigenvalue weighted by Gasteiger charge is 2.12. The van der Waals surface area contributed by atoms with Gasteiger partial charge in [-0.25, -0.2) is 0 Å². The number of anilines is 2. The first-order valence-electron chi connectivity index (χ1n) is 5.12. The summed E-state index contributed by atoms with van der Waals surface area (Å²) >= 11 is 0. The zero-order chi connectivity index (χ0) is 12.4. The van der Waals surface area contributed by atoms with E-state index >= 15 is 0 Å². The maximum Gasteiger partial charge on any atom is 0.274 e. The zero-order valence-electron chi connectivity index (χ0n) is 9.61. The summed E-state index contributed by atoms with van der Waals surface area (Å²) < 4.78 is 0. The van der Waals surface area contributed by atoms with Crippen molar-refractivity contribution in [2.45, 2.75) is 13.8 Å². The SMILES string of the molecule is Cc1n[nH]c(C)c1NC(=O)c1cc(N)ccn1. The molecule has 0 atom stereocenters. The minimum Gasteiger partial charge on any atom is -0.399 e. The summed E-state index contributed by atoms with van der Waals surface area (Å²) in [6.07, 6.45) is 1.50. The minimum atomic E-state index is -0.301. The fraction of sp³-hybridized carbons (Fsp3) is 0.182. The number of hydrogen-bond donors (Lipinski definition) is 3. The first-order valence-corrected chi connectivity index (χ1v) is 5.12. The van der Waals surface area contributed by atoms with Crippen molar-refractivity contribution >= 4 is 17.3 Å². The number of hydrogen-bond acceptors (Lipinski definition) is 4. The highest BCUT2D eigenvalue weighted by atomic mass is 16.1. The molecule has 88 valence electrons. The monoisotopic (exact) mass is 231 g/mol. The third kappa shape index (κ3) is 2.25. The topological polar surface area (TPSA) is 96.7 Å². The number of aromatic amines is 1. The van der Waals surface area contributed by atoms with Crippen molar-refractivity contribution in [2.75, 3.05) is 11.1 Å². The second kappa shape index (κ2) is 4.25. The van der Waals surface area contributed by atoms with Gasteiger partial charge >= 0.3 is 0 Å². The van der Waals surface area contributed by atoms with Crippen molar-refractivity contribution in [2.24, 2.45) is 0 Å². The average molecular weight is 231 g/mol. The molecule has 0 bridgehead atoms. The summed E-state index contributed by atoms with van der Waals surface area (Å²) in [6, 6.07) is 3.16. The molecule has 17 heavy (non-hydrogen) atoms. The average Bonchev–Trinajstić information content (AvgIpc) is 2.61. The summed E-state index contributed by atoms with van der Waals surface area (Å²) in [5, 5.41) is 9.54. The van der Waals surface area contributed by atoms with Crippen molar-refractivity contribution in [3.8, 4) is 0 Å². The molecule has 0 saturated heterocycles. The normalized spacial score (nSPS) is 10.2. The molecule has 0 aliphatic carbocycles. The number of pyridine rings is 1. The molecule has 6 heteroatoms. The number of H-pyrrole nitrogens is 1. The van der Waals surface area contributed by atoms with E-state index in [0.717, 1.165) is 11.4 Å². The van der Waals surface area contributed by atoms with Gasteiger partial charge < -0.3 is 11.1 Å². The first kappa shape index (κ1) is 11.1. The van der Waals surface area contributed by atoms with Gasteiger partial charge in [-0.1, -0.05) is 0 Å². The molecule has 0 aliphatic rings. The van der Waals surface area contributed by atoms with Gasteiger partial charge in [0.05, 0.1) is 17.1 Å². The lowest BCUT2D eigenvalue weighted by Crippen LogP contribution is -2.14. The molecule has 2 aromatic heterocycles. The summed E-state index contributed by atoms with van der Waals surface area (Å²) in [4.78, 5) is 15.9. The molecular weight excluding hydrogens is 218 g/mol. The number of nitrogens with two attached hydrogens (primary N) is 1.